The lowest BCUT2D eigenvalue weighted by Crippen LogP contribution is -2.50. The molecule has 2 rings (SSSR count). The summed E-state index contributed by atoms with van der Waals surface area (Å²) >= 11 is 0. The van der Waals surface area contributed by atoms with Crippen LogP contribution in [0.2, 0.25) is 0 Å². The summed E-state index contributed by atoms with van der Waals surface area (Å²) in [7, 11) is 0. The third-order valence-electron chi connectivity index (χ3n) is 3.96. The predicted molar refractivity (Wildman–Crippen MR) is 67.0 cm³/mol. The van der Waals surface area contributed by atoms with Gasteiger partial charge in [-0.15, -0.1) is 0 Å². The Morgan fingerprint density at radius 3 is 2.29 bits per heavy atom. The Morgan fingerprint density at radius 2 is 1.76 bits per heavy atom. The molecule has 0 aromatic carbocycles. The number of hydrogen-bond donors (Lipinski definition) is 1. The quantitative estimate of drug-likeness (QED) is 0.747. The summed E-state index contributed by atoms with van der Waals surface area (Å²) < 4.78 is 0. The van der Waals surface area contributed by atoms with Crippen molar-refractivity contribution in [1.82, 2.24) is 9.80 Å². The van der Waals surface area contributed by atoms with Crippen LogP contribution in [0.1, 0.15) is 25.7 Å². The van der Waals surface area contributed by atoms with Gasteiger partial charge >= 0.3 is 5.97 Å². The van der Waals surface area contributed by atoms with Crippen LogP contribution in [0.25, 0.3) is 0 Å². The van der Waals surface area contributed by atoms with E-state index >= 15 is 0 Å². The van der Waals surface area contributed by atoms with Crippen LogP contribution < -0.4 is 0 Å². The lowest BCUT2D eigenvalue weighted by Gasteiger charge is -2.38. The fourth-order valence-electron chi connectivity index (χ4n) is 2.89. The van der Waals surface area contributed by atoms with E-state index in [2.05, 4.69) is 16.4 Å². The monoisotopic (exact) mass is 238 g/mol. The highest BCUT2D eigenvalue weighted by Crippen LogP contribution is 2.24. The third-order valence-corrected chi connectivity index (χ3v) is 3.96. The molecule has 96 valence electrons. The Labute approximate surface area is 103 Å². The lowest BCUT2D eigenvalue weighted by atomic mass is 10.1. The van der Waals surface area contributed by atoms with Gasteiger partial charge in [0.1, 0.15) is 0 Å². The van der Waals surface area contributed by atoms with Gasteiger partial charge in [-0.1, -0.05) is 19.4 Å². The summed E-state index contributed by atoms with van der Waals surface area (Å²) in [5.74, 6) is -0.872. The van der Waals surface area contributed by atoms with Gasteiger partial charge in [-0.25, -0.2) is 4.79 Å². The van der Waals surface area contributed by atoms with Crippen molar-refractivity contribution < 1.29 is 9.90 Å². The minimum atomic E-state index is -0.872. The largest absolute Gasteiger partial charge is 0.478 e. The Hall–Kier alpha value is -0.870. The molecule has 0 aromatic heterocycles. The van der Waals surface area contributed by atoms with Crippen LogP contribution in [0.3, 0.4) is 0 Å². The van der Waals surface area contributed by atoms with E-state index in [1.165, 1.54) is 25.7 Å². The number of rotatable bonds is 4. The molecule has 0 aromatic rings. The van der Waals surface area contributed by atoms with E-state index in [1.807, 2.05) is 0 Å². The molecule has 1 N–H and O–H groups in total. The minimum absolute atomic E-state index is 0.305. The zero-order valence-corrected chi connectivity index (χ0v) is 10.4. The van der Waals surface area contributed by atoms with Crippen molar-refractivity contribution in [2.75, 3.05) is 32.7 Å². The maximum atomic E-state index is 10.7. The van der Waals surface area contributed by atoms with Gasteiger partial charge in [0.25, 0.3) is 0 Å². The minimum Gasteiger partial charge on any atom is -0.478 e. The van der Waals surface area contributed by atoms with E-state index < -0.39 is 5.97 Å². The molecule has 1 heterocycles. The molecule has 0 spiro atoms. The summed E-state index contributed by atoms with van der Waals surface area (Å²) in [6.07, 6.45) is 5.45. The lowest BCUT2D eigenvalue weighted by molar-refractivity contribution is -0.132. The number of piperazine rings is 1. The predicted octanol–water partition coefficient (Wildman–Crippen LogP) is 1.19. The first-order chi connectivity index (χ1) is 8.16. The molecule has 0 radical (unpaired) electrons. The standard InChI is InChI=1S/C13H22N2O2/c1-11(13(16)17)10-14-6-8-15(9-7-14)12-4-2-3-5-12/h12H,1-10H2,(H,16,17). The number of hydrogen-bond acceptors (Lipinski definition) is 3. The van der Waals surface area contributed by atoms with Crippen LogP contribution in [0.4, 0.5) is 0 Å². The molecular formula is C13H22N2O2. The van der Waals surface area contributed by atoms with Crippen LogP contribution >= 0.6 is 0 Å². The average molecular weight is 238 g/mol. The first-order valence-electron chi connectivity index (χ1n) is 6.54. The fraction of sp³-hybridized carbons (Fsp3) is 0.769. The van der Waals surface area contributed by atoms with Crippen molar-refractivity contribution in [3.8, 4) is 0 Å². The molecule has 2 fully saturated rings. The molecule has 4 heteroatoms. The molecule has 0 atom stereocenters. The third kappa shape index (κ3) is 3.30. The zero-order chi connectivity index (χ0) is 12.3. The SMILES string of the molecule is C=C(CN1CCN(C2CCCC2)CC1)C(=O)O. The maximum Gasteiger partial charge on any atom is 0.332 e. The molecule has 1 aliphatic carbocycles. The number of carboxylic acid groups (broad SMARTS) is 1. The average Bonchev–Trinajstić information content (AvgIpc) is 2.83. The van der Waals surface area contributed by atoms with Crippen molar-refractivity contribution in [3.05, 3.63) is 12.2 Å². The van der Waals surface area contributed by atoms with E-state index in [0.717, 1.165) is 32.2 Å². The van der Waals surface area contributed by atoms with Crippen molar-refractivity contribution in [1.29, 1.82) is 0 Å². The Kier molecular flexibility index (Phi) is 4.18. The second-order valence-electron chi connectivity index (χ2n) is 5.16. The van der Waals surface area contributed by atoms with Crippen LogP contribution in [0.15, 0.2) is 12.2 Å². The molecule has 17 heavy (non-hydrogen) atoms. The van der Waals surface area contributed by atoms with Gasteiger partial charge in [-0.2, -0.15) is 0 Å². The Balaban J connectivity index is 1.74. The summed E-state index contributed by atoms with van der Waals surface area (Å²) in [4.78, 5) is 15.5. The molecule has 0 bridgehead atoms. The van der Waals surface area contributed by atoms with Gasteiger partial charge < -0.3 is 5.11 Å². The van der Waals surface area contributed by atoms with E-state index in [9.17, 15) is 4.79 Å². The van der Waals surface area contributed by atoms with Gasteiger partial charge in [0.2, 0.25) is 0 Å². The van der Waals surface area contributed by atoms with Crippen molar-refractivity contribution >= 4 is 5.97 Å². The molecule has 0 amide bonds. The normalized spacial score (nSPS) is 24.0. The van der Waals surface area contributed by atoms with Crippen LogP contribution in [-0.2, 0) is 4.79 Å². The van der Waals surface area contributed by atoms with Crippen LogP contribution in [0, 0.1) is 0 Å². The highest BCUT2D eigenvalue weighted by molar-refractivity contribution is 5.86. The second kappa shape index (κ2) is 5.65. The summed E-state index contributed by atoms with van der Waals surface area (Å²) in [5.41, 5.74) is 0.305. The fourth-order valence-corrected chi connectivity index (χ4v) is 2.89. The smallest absolute Gasteiger partial charge is 0.332 e. The highest BCUT2D eigenvalue weighted by atomic mass is 16.4. The molecule has 1 saturated carbocycles. The van der Waals surface area contributed by atoms with Crippen molar-refractivity contribution in [2.45, 2.75) is 31.7 Å². The van der Waals surface area contributed by atoms with Crippen LogP contribution in [-0.4, -0.2) is 59.6 Å². The Bertz CT molecular complexity index is 290. The first kappa shape index (κ1) is 12.6. The van der Waals surface area contributed by atoms with E-state index in [4.69, 9.17) is 5.11 Å². The van der Waals surface area contributed by atoms with Gasteiger partial charge in [0.15, 0.2) is 0 Å². The molecule has 0 unspecified atom stereocenters. The summed E-state index contributed by atoms with van der Waals surface area (Å²) in [5, 5.41) is 8.80. The van der Waals surface area contributed by atoms with Crippen molar-refractivity contribution in [3.63, 3.8) is 0 Å². The number of carboxylic acids is 1. The number of carbonyl (C=O) groups is 1. The highest BCUT2D eigenvalue weighted by Gasteiger charge is 2.26. The van der Waals surface area contributed by atoms with Gasteiger partial charge in [0, 0.05) is 44.3 Å². The van der Waals surface area contributed by atoms with Crippen LogP contribution in [0.5, 0.6) is 0 Å². The number of nitrogens with zero attached hydrogens (tertiary/aromatic N) is 2. The summed E-state index contributed by atoms with van der Waals surface area (Å²) in [6, 6.07) is 0.792. The van der Waals surface area contributed by atoms with Crippen molar-refractivity contribution in [2.24, 2.45) is 0 Å². The Morgan fingerprint density at radius 1 is 1.18 bits per heavy atom. The molecule has 1 aliphatic heterocycles. The molecular weight excluding hydrogens is 216 g/mol. The van der Waals surface area contributed by atoms with Gasteiger partial charge in [-0.3, -0.25) is 9.80 Å². The molecule has 1 saturated heterocycles. The number of aliphatic carboxylic acids is 1. The topological polar surface area (TPSA) is 43.8 Å². The second-order valence-corrected chi connectivity index (χ2v) is 5.16. The molecule has 2 aliphatic rings. The first-order valence-corrected chi connectivity index (χ1v) is 6.54. The van der Waals surface area contributed by atoms with Gasteiger partial charge in [0.05, 0.1) is 0 Å². The zero-order valence-electron chi connectivity index (χ0n) is 10.4. The van der Waals surface area contributed by atoms with E-state index in [-0.39, 0.29) is 0 Å². The van der Waals surface area contributed by atoms with E-state index in [0.29, 0.717) is 12.1 Å². The summed E-state index contributed by atoms with van der Waals surface area (Å²) in [6.45, 7) is 8.21. The molecule has 4 nitrogen and oxygen atoms in total. The van der Waals surface area contributed by atoms with E-state index in [1.54, 1.807) is 0 Å². The van der Waals surface area contributed by atoms with Gasteiger partial charge in [-0.05, 0) is 12.8 Å². The maximum absolute atomic E-state index is 10.7.